The van der Waals surface area contributed by atoms with Crippen LogP contribution >= 0.6 is 0 Å². The topological polar surface area (TPSA) is 61.4 Å². The van der Waals surface area contributed by atoms with E-state index >= 15 is 0 Å². The van der Waals surface area contributed by atoms with Gasteiger partial charge in [-0.05, 0) is 44.2 Å². The van der Waals surface area contributed by atoms with Crippen molar-refractivity contribution >= 4 is 11.8 Å². The molecular formula is C16H29N3O2. The van der Waals surface area contributed by atoms with E-state index in [1.807, 2.05) is 0 Å². The summed E-state index contributed by atoms with van der Waals surface area (Å²) in [5.41, 5.74) is -0.0320. The first-order valence-electron chi connectivity index (χ1n) is 8.17. The summed E-state index contributed by atoms with van der Waals surface area (Å²) >= 11 is 0. The molecule has 0 bridgehead atoms. The summed E-state index contributed by atoms with van der Waals surface area (Å²) in [6.45, 7) is 8.82. The van der Waals surface area contributed by atoms with Gasteiger partial charge in [-0.1, -0.05) is 20.8 Å². The zero-order valence-electron chi connectivity index (χ0n) is 13.6. The van der Waals surface area contributed by atoms with E-state index in [0.29, 0.717) is 6.42 Å². The molecule has 2 rings (SSSR count). The molecule has 120 valence electrons. The third kappa shape index (κ3) is 4.70. The van der Waals surface area contributed by atoms with E-state index in [9.17, 15) is 9.59 Å². The predicted octanol–water partition coefficient (Wildman–Crippen LogP) is 1.28. The highest BCUT2D eigenvalue weighted by atomic mass is 16.2. The molecule has 2 fully saturated rings. The molecule has 5 heteroatoms. The maximum atomic E-state index is 12.5. The van der Waals surface area contributed by atoms with Gasteiger partial charge in [-0.15, -0.1) is 0 Å². The Morgan fingerprint density at radius 1 is 1.19 bits per heavy atom. The zero-order chi connectivity index (χ0) is 15.5. The molecule has 1 unspecified atom stereocenters. The SMILES string of the molecule is CC(C)(C)CC(=O)N1CCCC1C(=O)NC1CCNCC1. The highest BCUT2D eigenvalue weighted by Gasteiger charge is 2.35. The van der Waals surface area contributed by atoms with Crippen LogP contribution in [0.4, 0.5) is 0 Å². The number of hydrogen-bond donors (Lipinski definition) is 2. The summed E-state index contributed by atoms with van der Waals surface area (Å²) in [6.07, 6.45) is 4.19. The smallest absolute Gasteiger partial charge is 0.243 e. The number of likely N-dealkylation sites (tertiary alicyclic amines) is 1. The second-order valence-corrected chi connectivity index (χ2v) is 7.52. The van der Waals surface area contributed by atoms with Gasteiger partial charge in [0.2, 0.25) is 11.8 Å². The minimum Gasteiger partial charge on any atom is -0.351 e. The average Bonchev–Trinajstić information content (AvgIpc) is 2.87. The van der Waals surface area contributed by atoms with Crippen molar-refractivity contribution in [1.29, 1.82) is 0 Å². The second-order valence-electron chi connectivity index (χ2n) is 7.52. The molecule has 0 aromatic carbocycles. The van der Waals surface area contributed by atoms with Crippen molar-refractivity contribution in [3.05, 3.63) is 0 Å². The molecule has 1 atom stereocenters. The van der Waals surface area contributed by atoms with Crippen molar-refractivity contribution in [2.75, 3.05) is 19.6 Å². The first-order valence-corrected chi connectivity index (χ1v) is 8.17. The quantitative estimate of drug-likeness (QED) is 0.824. The lowest BCUT2D eigenvalue weighted by molar-refractivity contribution is -0.140. The Kier molecular flexibility index (Phi) is 5.25. The third-order valence-corrected chi connectivity index (χ3v) is 4.24. The van der Waals surface area contributed by atoms with Crippen LogP contribution < -0.4 is 10.6 Å². The van der Waals surface area contributed by atoms with Crippen LogP contribution in [-0.4, -0.2) is 48.4 Å². The van der Waals surface area contributed by atoms with Gasteiger partial charge in [-0.25, -0.2) is 0 Å². The second kappa shape index (κ2) is 6.77. The molecule has 21 heavy (non-hydrogen) atoms. The Hall–Kier alpha value is -1.10. The summed E-state index contributed by atoms with van der Waals surface area (Å²) in [5.74, 6) is 0.159. The first-order chi connectivity index (χ1) is 9.87. The average molecular weight is 295 g/mol. The van der Waals surface area contributed by atoms with E-state index in [4.69, 9.17) is 0 Å². The van der Waals surface area contributed by atoms with Crippen molar-refractivity contribution in [2.24, 2.45) is 5.41 Å². The number of piperidine rings is 1. The maximum Gasteiger partial charge on any atom is 0.243 e. The van der Waals surface area contributed by atoms with Crippen molar-refractivity contribution in [2.45, 2.75) is 65.0 Å². The maximum absolute atomic E-state index is 12.5. The molecule has 2 aliphatic heterocycles. The van der Waals surface area contributed by atoms with Gasteiger partial charge >= 0.3 is 0 Å². The molecule has 2 heterocycles. The van der Waals surface area contributed by atoms with Gasteiger partial charge in [0.15, 0.2) is 0 Å². The van der Waals surface area contributed by atoms with Crippen LogP contribution in [0.1, 0.15) is 52.9 Å². The van der Waals surface area contributed by atoms with Crippen LogP contribution in [0, 0.1) is 5.41 Å². The van der Waals surface area contributed by atoms with E-state index in [0.717, 1.165) is 45.3 Å². The van der Waals surface area contributed by atoms with Crippen molar-refractivity contribution in [3.8, 4) is 0 Å². The molecular weight excluding hydrogens is 266 g/mol. The van der Waals surface area contributed by atoms with Crippen molar-refractivity contribution in [3.63, 3.8) is 0 Å². The van der Waals surface area contributed by atoms with Gasteiger partial charge in [0.25, 0.3) is 0 Å². The van der Waals surface area contributed by atoms with Gasteiger partial charge in [0.05, 0.1) is 0 Å². The Morgan fingerprint density at radius 3 is 2.48 bits per heavy atom. The van der Waals surface area contributed by atoms with Crippen LogP contribution in [0.2, 0.25) is 0 Å². The summed E-state index contributed by atoms with van der Waals surface area (Å²) in [7, 11) is 0. The molecule has 0 saturated carbocycles. The fourth-order valence-electron chi connectivity index (χ4n) is 3.16. The number of amides is 2. The minimum absolute atomic E-state index is 0.0320. The zero-order valence-corrected chi connectivity index (χ0v) is 13.6. The van der Waals surface area contributed by atoms with Crippen molar-refractivity contribution in [1.82, 2.24) is 15.5 Å². The molecule has 5 nitrogen and oxygen atoms in total. The fraction of sp³-hybridized carbons (Fsp3) is 0.875. The third-order valence-electron chi connectivity index (χ3n) is 4.24. The summed E-state index contributed by atoms with van der Waals surface area (Å²) in [4.78, 5) is 26.7. The van der Waals surface area contributed by atoms with E-state index in [2.05, 4.69) is 31.4 Å². The number of hydrogen-bond acceptors (Lipinski definition) is 3. The van der Waals surface area contributed by atoms with Crippen molar-refractivity contribution < 1.29 is 9.59 Å². The molecule has 0 aromatic rings. The van der Waals surface area contributed by atoms with Crippen LogP contribution in [-0.2, 0) is 9.59 Å². The molecule has 0 radical (unpaired) electrons. The molecule has 0 spiro atoms. The van der Waals surface area contributed by atoms with E-state index in [-0.39, 0.29) is 29.3 Å². The largest absolute Gasteiger partial charge is 0.351 e. The van der Waals surface area contributed by atoms with E-state index in [1.165, 1.54) is 0 Å². The Bertz CT molecular complexity index is 383. The van der Waals surface area contributed by atoms with Gasteiger partial charge in [0, 0.05) is 19.0 Å². The Morgan fingerprint density at radius 2 is 1.86 bits per heavy atom. The monoisotopic (exact) mass is 295 g/mol. The van der Waals surface area contributed by atoms with Crippen LogP contribution in [0.15, 0.2) is 0 Å². The van der Waals surface area contributed by atoms with Crippen LogP contribution in [0.3, 0.4) is 0 Å². The summed E-state index contributed by atoms with van der Waals surface area (Å²) in [5, 5.41) is 6.43. The lowest BCUT2D eigenvalue weighted by atomic mass is 9.91. The first kappa shape index (κ1) is 16.3. The molecule has 0 aromatic heterocycles. The Balaban J connectivity index is 1.91. The minimum atomic E-state index is -0.255. The summed E-state index contributed by atoms with van der Waals surface area (Å²) in [6, 6.07) is 0.00801. The number of nitrogens with one attached hydrogen (secondary N) is 2. The summed E-state index contributed by atoms with van der Waals surface area (Å²) < 4.78 is 0. The molecule has 2 saturated heterocycles. The van der Waals surface area contributed by atoms with Gasteiger partial charge in [0.1, 0.15) is 6.04 Å². The normalized spacial score (nSPS) is 24.1. The van der Waals surface area contributed by atoms with Gasteiger partial charge in [-0.2, -0.15) is 0 Å². The molecule has 2 N–H and O–H groups in total. The number of carbonyl (C=O) groups is 2. The van der Waals surface area contributed by atoms with E-state index < -0.39 is 0 Å². The highest BCUT2D eigenvalue weighted by molar-refractivity contribution is 5.88. The van der Waals surface area contributed by atoms with Gasteiger partial charge in [-0.3, -0.25) is 9.59 Å². The van der Waals surface area contributed by atoms with Gasteiger partial charge < -0.3 is 15.5 Å². The molecule has 2 aliphatic rings. The standard InChI is InChI=1S/C16H29N3O2/c1-16(2,3)11-14(20)19-10-4-5-13(19)15(21)18-12-6-8-17-9-7-12/h12-13,17H,4-11H2,1-3H3,(H,18,21). The highest BCUT2D eigenvalue weighted by Crippen LogP contribution is 2.25. The lowest BCUT2D eigenvalue weighted by Gasteiger charge is -2.30. The van der Waals surface area contributed by atoms with Crippen LogP contribution in [0.25, 0.3) is 0 Å². The fourth-order valence-corrected chi connectivity index (χ4v) is 3.16. The molecule has 0 aliphatic carbocycles. The predicted molar refractivity (Wildman–Crippen MR) is 82.8 cm³/mol. The van der Waals surface area contributed by atoms with Crippen LogP contribution in [0.5, 0.6) is 0 Å². The lowest BCUT2D eigenvalue weighted by Crippen LogP contribution is -2.51. The number of nitrogens with zero attached hydrogens (tertiary/aromatic N) is 1. The van der Waals surface area contributed by atoms with E-state index in [1.54, 1.807) is 4.90 Å². The number of rotatable bonds is 3. The number of carbonyl (C=O) groups excluding carboxylic acids is 2. The Labute approximate surface area is 127 Å². The molecule has 2 amide bonds.